The molecule has 58 heavy (non-hydrogen) atoms. The van der Waals surface area contributed by atoms with Gasteiger partial charge in [0.25, 0.3) is 0 Å². The van der Waals surface area contributed by atoms with Crippen molar-refractivity contribution in [3.05, 3.63) is 172 Å². The van der Waals surface area contributed by atoms with Crippen LogP contribution in [0.5, 0.6) is 0 Å². The van der Waals surface area contributed by atoms with Gasteiger partial charge in [-0.15, -0.1) is 93.9 Å². The van der Waals surface area contributed by atoms with Crippen LogP contribution < -0.4 is 0 Å². The van der Waals surface area contributed by atoms with Crippen LogP contribution in [0.4, 0.5) is 0 Å². The Kier molecular flexibility index (Phi) is 18.7. The number of benzene rings is 6. The summed E-state index contributed by atoms with van der Waals surface area (Å²) < 4.78 is 0. The monoisotopic (exact) mass is 894 g/mol. The van der Waals surface area contributed by atoms with Crippen molar-refractivity contribution in [1.29, 1.82) is 0 Å². The molecule has 2 saturated carbocycles. The summed E-state index contributed by atoms with van der Waals surface area (Å²) in [6.45, 7) is 3.06. The molecule has 8 aromatic rings. The summed E-state index contributed by atoms with van der Waals surface area (Å²) in [6, 6.07) is 54.2. The smallest absolute Gasteiger partial charge is 0.0178 e. The van der Waals surface area contributed by atoms with Crippen molar-refractivity contribution in [2.75, 3.05) is 0 Å². The minimum atomic E-state index is 0. The van der Waals surface area contributed by atoms with E-state index >= 15 is 0 Å². The molecule has 10 rings (SSSR count). The van der Waals surface area contributed by atoms with E-state index in [2.05, 4.69) is 152 Å². The number of fused-ring (bicyclic) bond motifs is 4. The largest absolute Gasteiger partial charge is 0.164 e. The molecule has 0 unspecified atom stereocenters. The molecule has 0 spiro atoms. The van der Waals surface area contributed by atoms with Crippen LogP contribution in [0.1, 0.15) is 75.3 Å². The molecule has 0 atom stereocenters. The first-order valence-corrected chi connectivity index (χ1v) is 24.5. The van der Waals surface area contributed by atoms with Gasteiger partial charge in [-0.3, -0.25) is 0 Å². The summed E-state index contributed by atoms with van der Waals surface area (Å²) in [5.41, 5.74) is 8.43. The van der Waals surface area contributed by atoms with Crippen LogP contribution in [0.15, 0.2) is 146 Å². The summed E-state index contributed by atoms with van der Waals surface area (Å²) in [7, 11) is 0. The van der Waals surface area contributed by atoms with E-state index in [0.717, 1.165) is 11.8 Å². The van der Waals surface area contributed by atoms with Crippen LogP contribution in [0.3, 0.4) is 0 Å². The summed E-state index contributed by atoms with van der Waals surface area (Å²) >= 11 is 1.36. The van der Waals surface area contributed by atoms with E-state index in [0.29, 0.717) is 0 Å². The zero-order valence-corrected chi connectivity index (χ0v) is 39.4. The normalized spacial score (nSPS) is 14.1. The van der Waals surface area contributed by atoms with Gasteiger partial charge in [0.1, 0.15) is 0 Å². The van der Waals surface area contributed by atoms with Crippen molar-refractivity contribution < 1.29 is 23.3 Å². The fourth-order valence-electron chi connectivity index (χ4n) is 9.50. The Morgan fingerprint density at radius 2 is 0.810 bits per heavy atom. The maximum absolute atomic E-state index is 3.06. The minimum Gasteiger partial charge on any atom is -0.164 e. The summed E-state index contributed by atoms with van der Waals surface area (Å²) in [5, 5.41) is 10.9. The van der Waals surface area contributed by atoms with Gasteiger partial charge in [0.2, 0.25) is 0 Å². The van der Waals surface area contributed by atoms with Crippen LogP contribution >= 0.6 is 24.8 Å². The molecule has 8 aromatic carbocycles. The quantitative estimate of drug-likeness (QED) is 0.115. The number of rotatable bonds is 6. The SMILES string of the molecule is Cl.Cl.[CH3-].[CH3-].[Si]=[Zr].c1ccc2cc(-c3cccc4[cH-]c(CC5CCCCC5)cc34)ccc2c1.c1ccc2cc(-c3cccc4[cH-]c(CC5CCCCC5)cc34)ccc2c1. The van der Waals surface area contributed by atoms with Crippen molar-refractivity contribution in [2.45, 2.75) is 77.0 Å². The fraction of sp³-hybridized carbons (Fsp3) is 0.259. The molecule has 0 nitrogen and oxygen atoms in total. The van der Waals surface area contributed by atoms with Gasteiger partial charge in [-0.1, -0.05) is 160 Å². The average Bonchev–Trinajstić information content (AvgIpc) is 3.85. The van der Waals surface area contributed by atoms with Crippen molar-refractivity contribution in [3.8, 4) is 22.3 Å². The van der Waals surface area contributed by atoms with E-state index in [1.54, 1.807) is 0 Å². The standard InChI is InChI=1S/2C26H25.2CH3.2ClH.Si.Zr/c2*1-2-7-19(8-3-1)15-20-16-23-11-6-12-25(26(23)17-20)24-14-13-21-9-4-5-10-22(21)18-24;;;;;;/h2*4-6,9-14,16-19H,1-3,7-8,15H2;2*1H3;2*1H;;/q4*-1;;;;. The molecule has 300 valence electrons. The van der Waals surface area contributed by atoms with Gasteiger partial charge in [0.05, 0.1) is 0 Å². The Labute approximate surface area is 378 Å². The van der Waals surface area contributed by atoms with Gasteiger partial charge < -0.3 is 14.9 Å². The topological polar surface area (TPSA) is 0 Å². The average molecular weight is 897 g/mol. The fourth-order valence-corrected chi connectivity index (χ4v) is 9.50. The molecule has 0 aliphatic heterocycles. The predicted octanol–water partition coefficient (Wildman–Crippen LogP) is 16.4. The Bertz CT molecular complexity index is 2310. The predicted molar refractivity (Wildman–Crippen MR) is 259 cm³/mol. The van der Waals surface area contributed by atoms with Gasteiger partial charge in [-0.2, -0.15) is 12.1 Å². The Morgan fingerprint density at radius 3 is 1.21 bits per heavy atom. The summed E-state index contributed by atoms with van der Waals surface area (Å²) in [4.78, 5) is 0. The van der Waals surface area contributed by atoms with Crippen molar-refractivity contribution in [2.24, 2.45) is 11.8 Å². The number of hydrogen-bond donors (Lipinski definition) is 0. The molecule has 0 N–H and O–H groups in total. The third-order valence-corrected chi connectivity index (χ3v) is 12.2. The Hall–Kier alpha value is -3.26. The minimum absolute atomic E-state index is 0. The van der Waals surface area contributed by atoms with E-state index in [4.69, 9.17) is 0 Å². The first-order chi connectivity index (χ1) is 26.7. The molecule has 0 saturated heterocycles. The molecule has 0 amide bonds. The van der Waals surface area contributed by atoms with Gasteiger partial charge in [-0.25, -0.2) is 0 Å². The van der Waals surface area contributed by atoms with E-state index in [9.17, 15) is 0 Å². The second kappa shape index (κ2) is 22.9. The van der Waals surface area contributed by atoms with E-state index < -0.39 is 0 Å². The van der Waals surface area contributed by atoms with Crippen LogP contribution in [-0.4, -0.2) is 6.88 Å². The number of halogens is 2. The van der Waals surface area contributed by atoms with Gasteiger partial charge in [-0.05, 0) is 69.5 Å². The molecule has 0 aromatic heterocycles. The van der Waals surface area contributed by atoms with E-state index in [1.165, 1.54) is 177 Å². The zero-order valence-electron chi connectivity index (χ0n) is 34.3. The van der Waals surface area contributed by atoms with Crippen LogP contribution in [-0.2, 0) is 36.2 Å². The molecule has 4 heteroatoms. The van der Waals surface area contributed by atoms with Crippen molar-refractivity contribution >= 4 is 74.8 Å². The summed E-state index contributed by atoms with van der Waals surface area (Å²) in [6.07, 6.45) is 16.7. The first-order valence-electron chi connectivity index (χ1n) is 20.3. The molecular weight excluding hydrogens is 839 g/mol. The summed E-state index contributed by atoms with van der Waals surface area (Å²) in [5.74, 6) is 1.79. The Morgan fingerprint density at radius 1 is 0.431 bits per heavy atom. The Balaban J connectivity index is 0.000000231. The maximum Gasteiger partial charge on any atom is -0.0178 e. The molecule has 0 bridgehead atoms. The molecule has 2 aliphatic carbocycles. The van der Waals surface area contributed by atoms with Gasteiger partial charge in [0.15, 0.2) is 0 Å². The zero-order chi connectivity index (χ0) is 36.7. The van der Waals surface area contributed by atoms with Gasteiger partial charge in [0, 0.05) is 0 Å². The molecule has 2 radical (unpaired) electrons. The van der Waals surface area contributed by atoms with E-state index in [1.807, 2.05) is 0 Å². The van der Waals surface area contributed by atoms with Crippen LogP contribution in [0.2, 0.25) is 0 Å². The van der Waals surface area contributed by atoms with Crippen LogP contribution in [0.25, 0.3) is 65.3 Å². The van der Waals surface area contributed by atoms with Crippen LogP contribution in [0, 0.1) is 26.7 Å². The first kappa shape index (κ1) is 47.4. The second-order valence-electron chi connectivity index (χ2n) is 15.9. The molecule has 0 heterocycles. The third-order valence-electron chi connectivity index (χ3n) is 12.2. The molecule has 2 fully saturated rings. The van der Waals surface area contributed by atoms with E-state index in [-0.39, 0.29) is 39.7 Å². The number of hydrogen-bond acceptors (Lipinski definition) is 0. The molecule has 2 aliphatic rings. The van der Waals surface area contributed by atoms with Crippen molar-refractivity contribution in [3.63, 3.8) is 0 Å². The molecular formula is C54H58Cl2SiZr-4. The second-order valence-corrected chi connectivity index (χ2v) is 15.9. The van der Waals surface area contributed by atoms with Crippen molar-refractivity contribution in [1.82, 2.24) is 0 Å². The van der Waals surface area contributed by atoms with Gasteiger partial charge >= 0.3 is 30.2 Å². The maximum atomic E-state index is 3.06. The third kappa shape index (κ3) is 11.1.